The molecule has 1 saturated heterocycles. The van der Waals surface area contributed by atoms with Crippen molar-refractivity contribution >= 4 is 11.8 Å². The fourth-order valence-corrected chi connectivity index (χ4v) is 1.68. The molecule has 1 atom stereocenters. The Labute approximate surface area is 97.4 Å². The standard InChI is InChI=1S/C12H22N2O2/c1-8(2)12(4,5)7-14-6-10(15)13-9(3)11(14)16/h8-9H,6-7H2,1-5H3,(H,13,15). The average molecular weight is 226 g/mol. The molecule has 4 nitrogen and oxygen atoms in total. The third-order valence-electron chi connectivity index (χ3n) is 3.56. The monoisotopic (exact) mass is 226 g/mol. The summed E-state index contributed by atoms with van der Waals surface area (Å²) in [6, 6.07) is -0.385. The number of piperazine rings is 1. The molecule has 0 bridgehead atoms. The van der Waals surface area contributed by atoms with Gasteiger partial charge >= 0.3 is 0 Å². The van der Waals surface area contributed by atoms with Crippen LogP contribution in [0.15, 0.2) is 0 Å². The summed E-state index contributed by atoms with van der Waals surface area (Å²) in [6.07, 6.45) is 0. The molecule has 1 heterocycles. The summed E-state index contributed by atoms with van der Waals surface area (Å²) < 4.78 is 0. The molecule has 0 spiro atoms. The average Bonchev–Trinajstić information content (AvgIpc) is 2.12. The second-order valence-corrected chi connectivity index (χ2v) is 5.63. The lowest BCUT2D eigenvalue weighted by Gasteiger charge is -2.38. The Morgan fingerprint density at radius 2 is 2.00 bits per heavy atom. The Kier molecular flexibility index (Phi) is 3.61. The lowest BCUT2D eigenvalue weighted by molar-refractivity contribution is -0.145. The van der Waals surface area contributed by atoms with E-state index in [-0.39, 0.29) is 29.8 Å². The summed E-state index contributed by atoms with van der Waals surface area (Å²) in [4.78, 5) is 24.9. The van der Waals surface area contributed by atoms with Gasteiger partial charge in [0.15, 0.2) is 0 Å². The van der Waals surface area contributed by atoms with Crippen LogP contribution in [-0.2, 0) is 9.59 Å². The minimum Gasteiger partial charge on any atom is -0.343 e. The highest BCUT2D eigenvalue weighted by Gasteiger charge is 2.34. The van der Waals surface area contributed by atoms with E-state index in [1.54, 1.807) is 11.8 Å². The number of carbonyl (C=O) groups is 2. The Hall–Kier alpha value is -1.06. The maximum absolute atomic E-state index is 11.9. The first-order valence-electron chi connectivity index (χ1n) is 5.82. The van der Waals surface area contributed by atoms with Gasteiger partial charge in [-0.25, -0.2) is 0 Å². The zero-order valence-corrected chi connectivity index (χ0v) is 10.8. The minimum absolute atomic E-state index is 0.0216. The molecular weight excluding hydrogens is 204 g/mol. The SMILES string of the molecule is CC1NC(=O)CN(CC(C)(C)C(C)C)C1=O. The van der Waals surface area contributed by atoms with Crippen LogP contribution in [0.4, 0.5) is 0 Å². The molecule has 0 aromatic heterocycles. The molecule has 0 aromatic carbocycles. The van der Waals surface area contributed by atoms with Gasteiger partial charge in [-0.1, -0.05) is 27.7 Å². The summed E-state index contributed by atoms with van der Waals surface area (Å²) in [5.74, 6) is 0.431. The Morgan fingerprint density at radius 3 is 2.50 bits per heavy atom. The molecule has 1 aliphatic rings. The lowest BCUT2D eigenvalue weighted by Crippen LogP contribution is -2.58. The van der Waals surface area contributed by atoms with Crippen molar-refractivity contribution in [2.75, 3.05) is 13.1 Å². The van der Waals surface area contributed by atoms with Crippen molar-refractivity contribution in [1.82, 2.24) is 10.2 Å². The van der Waals surface area contributed by atoms with Crippen molar-refractivity contribution in [3.63, 3.8) is 0 Å². The fourth-order valence-electron chi connectivity index (χ4n) is 1.68. The van der Waals surface area contributed by atoms with Gasteiger partial charge in [0, 0.05) is 6.54 Å². The minimum atomic E-state index is -0.385. The van der Waals surface area contributed by atoms with Crippen LogP contribution in [0, 0.1) is 11.3 Å². The van der Waals surface area contributed by atoms with Crippen LogP contribution in [-0.4, -0.2) is 35.8 Å². The number of hydrogen-bond donors (Lipinski definition) is 1. The number of rotatable bonds is 3. The second-order valence-electron chi connectivity index (χ2n) is 5.63. The van der Waals surface area contributed by atoms with E-state index in [4.69, 9.17) is 0 Å². The van der Waals surface area contributed by atoms with Gasteiger partial charge in [-0.05, 0) is 18.3 Å². The van der Waals surface area contributed by atoms with E-state index >= 15 is 0 Å². The number of nitrogens with one attached hydrogen (secondary N) is 1. The molecule has 0 aromatic rings. The van der Waals surface area contributed by atoms with Crippen LogP contribution in [0.1, 0.15) is 34.6 Å². The van der Waals surface area contributed by atoms with Gasteiger partial charge < -0.3 is 10.2 Å². The molecule has 1 rings (SSSR count). The largest absolute Gasteiger partial charge is 0.343 e. The summed E-state index contributed by atoms with van der Waals surface area (Å²) >= 11 is 0. The first-order valence-corrected chi connectivity index (χ1v) is 5.82. The van der Waals surface area contributed by atoms with Crippen molar-refractivity contribution in [1.29, 1.82) is 0 Å². The van der Waals surface area contributed by atoms with Crippen LogP contribution in [0.2, 0.25) is 0 Å². The lowest BCUT2D eigenvalue weighted by atomic mass is 9.80. The predicted octanol–water partition coefficient (Wildman–Crippen LogP) is 1.02. The summed E-state index contributed by atoms with van der Waals surface area (Å²) in [6.45, 7) is 11.1. The van der Waals surface area contributed by atoms with E-state index in [0.717, 1.165) is 0 Å². The molecule has 1 unspecified atom stereocenters. The summed E-state index contributed by atoms with van der Waals surface area (Å²) in [5.41, 5.74) is 0.0347. The van der Waals surface area contributed by atoms with Gasteiger partial charge in [-0.15, -0.1) is 0 Å². The number of carbonyl (C=O) groups excluding carboxylic acids is 2. The van der Waals surface area contributed by atoms with Crippen LogP contribution < -0.4 is 5.32 Å². The molecule has 4 heteroatoms. The van der Waals surface area contributed by atoms with E-state index in [0.29, 0.717) is 12.5 Å². The maximum Gasteiger partial charge on any atom is 0.245 e. The molecule has 0 aliphatic carbocycles. The van der Waals surface area contributed by atoms with Crippen molar-refractivity contribution in [2.45, 2.75) is 40.7 Å². The molecule has 16 heavy (non-hydrogen) atoms. The number of amides is 2. The summed E-state index contributed by atoms with van der Waals surface area (Å²) in [5, 5.41) is 2.64. The maximum atomic E-state index is 11.9. The number of hydrogen-bond acceptors (Lipinski definition) is 2. The van der Waals surface area contributed by atoms with Gasteiger partial charge in [0.05, 0.1) is 6.54 Å². The molecule has 1 aliphatic heterocycles. The molecule has 2 amide bonds. The van der Waals surface area contributed by atoms with E-state index in [1.165, 1.54) is 0 Å². The highest BCUT2D eigenvalue weighted by Crippen LogP contribution is 2.27. The van der Waals surface area contributed by atoms with E-state index in [1.807, 2.05) is 0 Å². The van der Waals surface area contributed by atoms with E-state index < -0.39 is 0 Å². The zero-order valence-electron chi connectivity index (χ0n) is 10.8. The first-order chi connectivity index (χ1) is 7.24. The predicted molar refractivity (Wildman–Crippen MR) is 62.8 cm³/mol. The molecule has 92 valence electrons. The van der Waals surface area contributed by atoms with Gasteiger partial charge in [0.1, 0.15) is 6.04 Å². The first kappa shape index (κ1) is 13.0. The van der Waals surface area contributed by atoms with E-state index in [2.05, 4.69) is 33.0 Å². The number of nitrogens with zero attached hydrogens (tertiary/aromatic N) is 1. The van der Waals surface area contributed by atoms with Gasteiger partial charge in [-0.3, -0.25) is 9.59 Å². The molecule has 0 radical (unpaired) electrons. The Balaban J connectivity index is 2.72. The van der Waals surface area contributed by atoms with E-state index in [9.17, 15) is 9.59 Å². The second kappa shape index (κ2) is 4.44. The molecule has 1 N–H and O–H groups in total. The fraction of sp³-hybridized carbons (Fsp3) is 0.833. The van der Waals surface area contributed by atoms with Crippen LogP contribution >= 0.6 is 0 Å². The van der Waals surface area contributed by atoms with Gasteiger partial charge in [0.25, 0.3) is 0 Å². The van der Waals surface area contributed by atoms with Crippen molar-refractivity contribution < 1.29 is 9.59 Å². The smallest absolute Gasteiger partial charge is 0.245 e. The quantitative estimate of drug-likeness (QED) is 0.781. The zero-order chi connectivity index (χ0) is 12.5. The highest BCUT2D eigenvalue weighted by atomic mass is 16.2. The summed E-state index contributed by atoms with van der Waals surface area (Å²) in [7, 11) is 0. The topological polar surface area (TPSA) is 49.4 Å². The van der Waals surface area contributed by atoms with Crippen LogP contribution in [0.3, 0.4) is 0 Å². The Morgan fingerprint density at radius 1 is 1.44 bits per heavy atom. The molecule has 1 fully saturated rings. The van der Waals surface area contributed by atoms with Crippen molar-refractivity contribution in [3.05, 3.63) is 0 Å². The van der Waals surface area contributed by atoms with Crippen molar-refractivity contribution in [3.8, 4) is 0 Å². The van der Waals surface area contributed by atoms with Crippen molar-refractivity contribution in [2.24, 2.45) is 11.3 Å². The Bertz CT molecular complexity index is 297. The third kappa shape index (κ3) is 2.74. The van der Waals surface area contributed by atoms with Gasteiger partial charge in [-0.2, -0.15) is 0 Å². The van der Waals surface area contributed by atoms with Crippen LogP contribution in [0.25, 0.3) is 0 Å². The normalized spacial score (nSPS) is 22.6. The van der Waals surface area contributed by atoms with Gasteiger partial charge in [0.2, 0.25) is 11.8 Å². The third-order valence-corrected chi connectivity index (χ3v) is 3.56. The van der Waals surface area contributed by atoms with Crippen LogP contribution in [0.5, 0.6) is 0 Å². The molecule has 0 saturated carbocycles. The molecular formula is C12H22N2O2. The highest BCUT2D eigenvalue weighted by molar-refractivity contribution is 5.94.